The van der Waals surface area contributed by atoms with Gasteiger partial charge >= 0.3 is 0 Å². The van der Waals surface area contributed by atoms with Crippen molar-refractivity contribution in [1.82, 2.24) is 5.32 Å². The third kappa shape index (κ3) is 5.85. The molecule has 3 nitrogen and oxygen atoms in total. The molecule has 0 aromatic heterocycles. The van der Waals surface area contributed by atoms with Gasteiger partial charge in [-0.15, -0.1) is 0 Å². The number of carbonyl (C=O) groups excluding carboxylic acids is 1. The summed E-state index contributed by atoms with van der Waals surface area (Å²) in [6.45, 7) is 5.35. The summed E-state index contributed by atoms with van der Waals surface area (Å²) in [5, 5.41) is 3.22. The molecule has 3 atom stereocenters. The van der Waals surface area contributed by atoms with Crippen molar-refractivity contribution in [3.05, 3.63) is 0 Å². The number of hydrogen-bond donors (Lipinski definition) is 2. The Hall–Kier alpha value is -0.570. The van der Waals surface area contributed by atoms with Gasteiger partial charge in [-0.1, -0.05) is 26.7 Å². The van der Waals surface area contributed by atoms with E-state index in [1.165, 1.54) is 12.8 Å². The third-order valence-corrected chi connectivity index (χ3v) is 4.14. The molecule has 3 N–H and O–H groups in total. The van der Waals surface area contributed by atoms with Gasteiger partial charge in [0.05, 0.1) is 0 Å². The van der Waals surface area contributed by atoms with Crippen molar-refractivity contribution >= 4 is 5.91 Å². The van der Waals surface area contributed by atoms with Crippen molar-refractivity contribution in [2.24, 2.45) is 17.6 Å². The first-order valence-corrected chi connectivity index (χ1v) is 7.63. The normalized spacial score (nSPS) is 28.1. The lowest BCUT2D eigenvalue weighted by Gasteiger charge is -2.33. The molecular formula is C15H30N2O. The average Bonchev–Trinajstić information content (AvgIpc) is 2.32. The summed E-state index contributed by atoms with van der Waals surface area (Å²) in [6, 6.07) is 0.415. The molecule has 1 amide bonds. The Balaban J connectivity index is 2.12. The number of unbranched alkanes of at least 4 members (excludes halogenated alkanes) is 3. The molecule has 18 heavy (non-hydrogen) atoms. The Bertz CT molecular complexity index is 243. The maximum atomic E-state index is 11.8. The molecule has 0 radical (unpaired) electrons. The highest BCUT2D eigenvalue weighted by Gasteiger charge is 2.26. The van der Waals surface area contributed by atoms with Crippen molar-refractivity contribution in [3.63, 3.8) is 0 Å². The second-order valence-corrected chi connectivity index (χ2v) is 6.02. The third-order valence-electron chi connectivity index (χ3n) is 4.14. The lowest BCUT2D eigenvalue weighted by atomic mass is 9.80. The summed E-state index contributed by atoms with van der Waals surface area (Å²) >= 11 is 0. The van der Waals surface area contributed by atoms with Gasteiger partial charge in [0.25, 0.3) is 0 Å². The smallest absolute Gasteiger partial charge is 0.220 e. The lowest BCUT2D eigenvalue weighted by molar-refractivity contribution is -0.122. The minimum absolute atomic E-state index is 0.245. The molecule has 3 heteroatoms. The Labute approximate surface area is 112 Å². The molecule has 3 unspecified atom stereocenters. The molecule has 1 aliphatic rings. The van der Waals surface area contributed by atoms with E-state index >= 15 is 0 Å². The van der Waals surface area contributed by atoms with Crippen molar-refractivity contribution in [1.29, 1.82) is 0 Å². The van der Waals surface area contributed by atoms with Gasteiger partial charge in [0, 0.05) is 12.5 Å². The zero-order valence-electron chi connectivity index (χ0n) is 12.1. The molecule has 0 aromatic rings. The minimum Gasteiger partial charge on any atom is -0.353 e. The molecular weight excluding hydrogens is 224 g/mol. The summed E-state index contributed by atoms with van der Waals surface area (Å²) in [5.74, 6) is 1.70. The van der Waals surface area contributed by atoms with E-state index in [0.717, 1.165) is 44.6 Å². The summed E-state index contributed by atoms with van der Waals surface area (Å²) < 4.78 is 0. The highest BCUT2D eigenvalue weighted by atomic mass is 16.1. The first-order chi connectivity index (χ1) is 8.63. The van der Waals surface area contributed by atoms with E-state index in [1.807, 2.05) is 0 Å². The lowest BCUT2D eigenvalue weighted by Crippen LogP contribution is -2.42. The average molecular weight is 254 g/mol. The highest BCUT2D eigenvalue weighted by Crippen LogP contribution is 2.28. The number of amides is 1. The molecule has 0 saturated heterocycles. The van der Waals surface area contributed by atoms with E-state index < -0.39 is 0 Å². The van der Waals surface area contributed by atoms with Gasteiger partial charge in [0.15, 0.2) is 0 Å². The summed E-state index contributed by atoms with van der Waals surface area (Å²) in [6.07, 6.45) is 8.71. The molecule has 0 aromatic carbocycles. The van der Waals surface area contributed by atoms with E-state index in [0.29, 0.717) is 18.4 Å². The van der Waals surface area contributed by atoms with Crippen LogP contribution in [0.1, 0.15) is 65.2 Å². The summed E-state index contributed by atoms with van der Waals surface area (Å²) in [4.78, 5) is 11.8. The van der Waals surface area contributed by atoms with Crippen LogP contribution >= 0.6 is 0 Å². The standard InChI is InChI=1S/C15H30N2O/c1-12-8-9-14(13(2)11-12)17-15(18)7-5-3-4-6-10-16/h12-14H,3-11,16H2,1-2H3,(H,17,18). The van der Waals surface area contributed by atoms with Crippen LogP contribution in [0.2, 0.25) is 0 Å². The van der Waals surface area contributed by atoms with Crippen LogP contribution < -0.4 is 11.1 Å². The minimum atomic E-state index is 0.245. The molecule has 0 heterocycles. The highest BCUT2D eigenvalue weighted by molar-refractivity contribution is 5.76. The first-order valence-electron chi connectivity index (χ1n) is 7.63. The quantitative estimate of drug-likeness (QED) is 0.686. The van der Waals surface area contributed by atoms with Gasteiger partial charge in [0.1, 0.15) is 0 Å². The number of nitrogens with two attached hydrogens (primary N) is 1. The second kappa shape index (κ2) is 8.52. The number of rotatable bonds is 7. The molecule has 0 spiro atoms. The van der Waals surface area contributed by atoms with Crippen LogP contribution in [0.25, 0.3) is 0 Å². The van der Waals surface area contributed by atoms with Gasteiger partial charge < -0.3 is 11.1 Å². The zero-order chi connectivity index (χ0) is 13.4. The van der Waals surface area contributed by atoms with Gasteiger partial charge in [-0.3, -0.25) is 4.79 Å². The molecule has 1 fully saturated rings. The van der Waals surface area contributed by atoms with E-state index in [4.69, 9.17) is 5.73 Å². The summed E-state index contributed by atoms with van der Waals surface area (Å²) in [7, 11) is 0. The number of hydrogen-bond acceptors (Lipinski definition) is 2. The fraction of sp³-hybridized carbons (Fsp3) is 0.933. The Morgan fingerprint density at radius 3 is 2.56 bits per heavy atom. The van der Waals surface area contributed by atoms with Crippen LogP contribution in [0.3, 0.4) is 0 Å². The van der Waals surface area contributed by atoms with Crippen molar-refractivity contribution < 1.29 is 4.79 Å². The molecule has 106 valence electrons. The second-order valence-electron chi connectivity index (χ2n) is 6.02. The van der Waals surface area contributed by atoms with Crippen LogP contribution in [0, 0.1) is 11.8 Å². The van der Waals surface area contributed by atoms with E-state index in [1.54, 1.807) is 0 Å². The van der Waals surface area contributed by atoms with E-state index in [-0.39, 0.29) is 5.91 Å². The van der Waals surface area contributed by atoms with Gasteiger partial charge in [-0.2, -0.15) is 0 Å². The number of nitrogens with one attached hydrogen (secondary N) is 1. The van der Waals surface area contributed by atoms with Crippen LogP contribution in [-0.4, -0.2) is 18.5 Å². The van der Waals surface area contributed by atoms with E-state index in [9.17, 15) is 4.79 Å². The van der Waals surface area contributed by atoms with Crippen molar-refractivity contribution in [2.75, 3.05) is 6.54 Å². The summed E-state index contributed by atoms with van der Waals surface area (Å²) in [5.41, 5.74) is 5.44. The Morgan fingerprint density at radius 2 is 1.89 bits per heavy atom. The van der Waals surface area contributed by atoms with Crippen LogP contribution in [0.4, 0.5) is 0 Å². The van der Waals surface area contributed by atoms with Crippen LogP contribution in [-0.2, 0) is 4.79 Å². The van der Waals surface area contributed by atoms with Gasteiger partial charge in [-0.05, 0) is 50.5 Å². The fourth-order valence-corrected chi connectivity index (χ4v) is 2.94. The Kier molecular flexibility index (Phi) is 7.33. The molecule has 1 saturated carbocycles. The van der Waals surface area contributed by atoms with Crippen molar-refractivity contribution in [3.8, 4) is 0 Å². The maximum absolute atomic E-state index is 11.8. The molecule has 1 rings (SSSR count). The molecule has 1 aliphatic carbocycles. The Morgan fingerprint density at radius 1 is 1.17 bits per heavy atom. The van der Waals surface area contributed by atoms with Crippen LogP contribution in [0.5, 0.6) is 0 Å². The van der Waals surface area contributed by atoms with Gasteiger partial charge in [-0.25, -0.2) is 0 Å². The molecule has 0 bridgehead atoms. The number of carbonyl (C=O) groups is 1. The predicted molar refractivity (Wildman–Crippen MR) is 76.2 cm³/mol. The SMILES string of the molecule is CC1CCC(NC(=O)CCCCCCN)C(C)C1. The van der Waals surface area contributed by atoms with E-state index in [2.05, 4.69) is 19.2 Å². The first kappa shape index (κ1) is 15.5. The predicted octanol–water partition coefficient (Wildman–Crippen LogP) is 2.84. The van der Waals surface area contributed by atoms with Crippen LogP contribution in [0.15, 0.2) is 0 Å². The fourth-order valence-electron chi connectivity index (χ4n) is 2.94. The monoisotopic (exact) mass is 254 g/mol. The van der Waals surface area contributed by atoms with Gasteiger partial charge in [0.2, 0.25) is 5.91 Å². The molecule has 0 aliphatic heterocycles. The largest absolute Gasteiger partial charge is 0.353 e. The van der Waals surface area contributed by atoms with Crippen molar-refractivity contribution in [2.45, 2.75) is 71.3 Å². The maximum Gasteiger partial charge on any atom is 0.220 e. The zero-order valence-corrected chi connectivity index (χ0v) is 12.1. The topological polar surface area (TPSA) is 55.1 Å².